The van der Waals surface area contributed by atoms with E-state index in [1.165, 1.54) is 12.1 Å². The van der Waals surface area contributed by atoms with E-state index in [0.717, 1.165) is 12.1 Å². The summed E-state index contributed by atoms with van der Waals surface area (Å²) in [6.07, 6.45) is 3.06. The molecule has 1 rings (SSSR count). The summed E-state index contributed by atoms with van der Waals surface area (Å²) in [6, 6.07) is 0. The lowest BCUT2D eigenvalue weighted by Gasteiger charge is -2.10. The molecule has 0 saturated heterocycles. The highest BCUT2D eigenvalue weighted by atomic mass is 15.3. The van der Waals surface area contributed by atoms with Crippen molar-refractivity contribution in [1.82, 2.24) is 9.78 Å². The first-order chi connectivity index (χ1) is 6.19. The van der Waals surface area contributed by atoms with Crippen molar-refractivity contribution in [2.45, 2.75) is 40.3 Å². The van der Waals surface area contributed by atoms with Gasteiger partial charge in [-0.05, 0) is 12.8 Å². The molecule has 0 saturated carbocycles. The molecule has 74 valence electrons. The second-order valence-electron chi connectivity index (χ2n) is 3.65. The zero-order valence-corrected chi connectivity index (χ0v) is 8.75. The molecule has 0 fully saturated rings. The van der Waals surface area contributed by atoms with Gasteiger partial charge >= 0.3 is 0 Å². The smallest absolute Gasteiger partial charge is 0.0537 e. The minimum atomic E-state index is 0.590. The normalized spacial score (nSPS) is 13.2. The maximum atomic E-state index is 5.57. The Hall–Kier alpha value is -0.830. The fourth-order valence-corrected chi connectivity index (χ4v) is 1.29. The van der Waals surface area contributed by atoms with Crippen molar-refractivity contribution in [3.8, 4) is 0 Å². The van der Waals surface area contributed by atoms with Crippen LogP contribution < -0.4 is 5.73 Å². The molecule has 1 unspecified atom stereocenters. The minimum Gasteiger partial charge on any atom is -0.326 e. The van der Waals surface area contributed by atoms with Gasteiger partial charge in [-0.15, -0.1) is 0 Å². The van der Waals surface area contributed by atoms with Crippen LogP contribution in [0.15, 0.2) is 6.20 Å². The van der Waals surface area contributed by atoms with E-state index in [0.29, 0.717) is 12.5 Å². The number of hydrogen-bond acceptors (Lipinski definition) is 2. The van der Waals surface area contributed by atoms with Crippen molar-refractivity contribution in [3.05, 3.63) is 17.5 Å². The van der Waals surface area contributed by atoms with Crippen LogP contribution in [0.3, 0.4) is 0 Å². The van der Waals surface area contributed by atoms with Crippen LogP contribution in [0.4, 0.5) is 0 Å². The van der Waals surface area contributed by atoms with Crippen LogP contribution in [0.5, 0.6) is 0 Å². The van der Waals surface area contributed by atoms with E-state index in [1.54, 1.807) is 0 Å². The zero-order chi connectivity index (χ0) is 9.84. The van der Waals surface area contributed by atoms with Crippen LogP contribution in [0.25, 0.3) is 0 Å². The number of hydrogen-bond donors (Lipinski definition) is 1. The van der Waals surface area contributed by atoms with Crippen molar-refractivity contribution in [2.75, 3.05) is 0 Å². The van der Waals surface area contributed by atoms with Crippen molar-refractivity contribution in [1.29, 1.82) is 0 Å². The van der Waals surface area contributed by atoms with Gasteiger partial charge in [-0.25, -0.2) is 0 Å². The lowest BCUT2D eigenvalue weighted by molar-refractivity contribution is 0.432. The number of aromatic nitrogens is 2. The lowest BCUT2D eigenvalue weighted by atomic mass is 10.1. The third kappa shape index (κ3) is 2.31. The van der Waals surface area contributed by atoms with Crippen LogP contribution in [-0.2, 0) is 13.1 Å². The summed E-state index contributed by atoms with van der Waals surface area (Å²) in [6.45, 7) is 8.11. The molecule has 1 aromatic heterocycles. The molecular formula is C10H19N3. The average molecular weight is 181 g/mol. The molecule has 0 radical (unpaired) electrons. The first-order valence-electron chi connectivity index (χ1n) is 4.90. The highest BCUT2D eigenvalue weighted by Gasteiger charge is 2.06. The first kappa shape index (κ1) is 10.3. The van der Waals surface area contributed by atoms with E-state index in [9.17, 15) is 0 Å². The third-order valence-corrected chi connectivity index (χ3v) is 2.61. The third-order valence-electron chi connectivity index (χ3n) is 2.61. The van der Waals surface area contributed by atoms with E-state index >= 15 is 0 Å². The molecule has 0 aliphatic carbocycles. The Morgan fingerprint density at radius 3 is 2.77 bits per heavy atom. The lowest BCUT2D eigenvalue weighted by Crippen LogP contribution is -2.10. The van der Waals surface area contributed by atoms with E-state index in [-0.39, 0.29) is 0 Å². The summed E-state index contributed by atoms with van der Waals surface area (Å²) in [5.74, 6) is 0.684. The van der Waals surface area contributed by atoms with Gasteiger partial charge in [0.1, 0.15) is 0 Å². The molecule has 0 aromatic carbocycles. The first-order valence-corrected chi connectivity index (χ1v) is 4.90. The van der Waals surface area contributed by atoms with Crippen molar-refractivity contribution in [2.24, 2.45) is 11.7 Å². The SMILES string of the molecule is CCC(C)Cn1ncc(CN)c1C. The number of nitrogens with zero attached hydrogens (tertiary/aromatic N) is 2. The van der Waals surface area contributed by atoms with Crippen LogP contribution in [0.1, 0.15) is 31.5 Å². The zero-order valence-electron chi connectivity index (χ0n) is 8.75. The van der Waals surface area contributed by atoms with Crippen LogP contribution >= 0.6 is 0 Å². The van der Waals surface area contributed by atoms with Crippen LogP contribution in [0.2, 0.25) is 0 Å². The van der Waals surface area contributed by atoms with E-state index in [4.69, 9.17) is 5.73 Å². The molecule has 2 N–H and O–H groups in total. The minimum absolute atomic E-state index is 0.590. The van der Waals surface area contributed by atoms with Gasteiger partial charge in [0.05, 0.1) is 6.20 Å². The van der Waals surface area contributed by atoms with Gasteiger partial charge in [0, 0.05) is 24.3 Å². The monoisotopic (exact) mass is 181 g/mol. The molecule has 1 heterocycles. The van der Waals surface area contributed by atoms with Crippen molar-refractivity contribution in [3.63, 3.8) is 0 Å². The Morgan fingerprint density at radius 2 is 2.31 bits per heavy atom. The maximum absolute atomic E-state index is 5.57. The van der Waals surface area contributed by atoms with Gasteiger partial charge < -0.3 is 5.73 Å². The molecule has 1 aromatic rings. The Kier molecular flexibility index (Phi) is 3.48. The molecule has 0 spiro atoms. The van der Waals surface area contributed by atoms with Crippen LogP contribution in [-0.4, -0.2) is 9.78 Å². The van der Waals surface area contributed by atoms with E-state index in [1.807, 2.05) is 6.20 Å². The van der Waals surface area contributed by atoms with Gasteiger partial charge in [-0.1, -0.05) is 20.3 Å². The highest BCUT2D eigenvalue weighted by molar-refractivity contribution is 5.15. The summed E-state index contributed by atoms with van der Waals surface area (Å²) in [7, 11) is 0. The summed E-state index contributed by atoms with van der Waals surface area (Å²) >= 11 is 0. The second kappa shape index (κ2) is 4.42. The number of rotatable bonds is 4. The second-order valence-corrected chi connectivity index (χ2v) is 3.65. The highest BCUT2D eigenvalue weighted by Crippen LogP contribution is 2.10. The molecule has 3 nitrogen and oxygen atoms in total. The van der Waals surface area contributed by atoms with Gasteiger partial charge in [-0.2, -0.15) is 5.10 Å². The summed E-state index contributed by atoms with van der Waals surface area (Å²) in [4.78, 5) is 0. The van der Waals surface area contributed by atoms with Gasteiger partial charge in [-0.3, -0.25) is 4.68 Å². The maximum Gasteiger partial charge on any atom is 0.0537 e. The Balaban J connectivity index is 2.72. The Bertz CT molecular complexity index is 265. The van der Waals surface area contributed by atoms with Crippen molar-refractivity contribution < 1.29 is 0 Å². The molecule has 3 heteroatoms. The topological polar surface area (TPSA) is 43.8 Å². The van der Waals surface area contributed by atoms with Gasteiger partial charge in [0.15, 0.2) is 0 Å². The molecule has 13 heavy (non-hydrogen) atoms. The molecular weight excluding hydrogens is 162 g/mol. The quantitative estimate of drug-likeness (QED) is 0.768. The van der Waals surface area contributed by atoms with Crippen molar-refractivity contribution >= 4 is 0 Å². The molecule has 0 amide bonds. The van der Waals surface area contributed by atoms with Gasteiger partial charge in [0.2, 0.25) is 0 Å². The molecule has 0 aliphatic heterocycles. The molecule has 0 bridgehead atoms. The number of nitrogens with two attached hydrogens (primary N) is 1. The van der Waals surface area contributed by atoms with E-state index in [2.05, 4.69) is 30.6 Å². The summed E-state index contributed by atoms with van der Waals surface area (Å²) in [5, 5.41) is 4.31. The Morgan fingerprint density at radius 1 is 1.62 bits per heavy atom. The largest absolute Gasteiger partial charge is 0.326 e. The van der Waals surface area contributed by atoms with E-state index < -0.39 is 0 Å². The predicted octanol–water partition coefficient (Wildman–Crippen LogP) is 1.70. The molecule has 0 aliphatic rings. The van der Waals surface area contributed by atoms with Crippen LogP contribution in [0, 0.1) is 12.8 Å². The average Bonchev–Trinajstić information content (AvgIpc) is 2.48. The Labute approximate surface area is 79.9 Å². The standard InChI is InChI=1S/C10H19N3/c1-4-8(2)7-13-9(3)10(5-11)6-12-13/h6,8H,4-5,7,11H2,1-3H3. The predicted molar refractivity (Wildman–Crippen MR) is 54.3 cm³/mol. The molecule has 1 atom stereocenters. The summed E-state index contributed by atoms with van der Waals surface area (Å²) < 4.78 is 2.05. The fraction of sp³-hybridized carbons (Fsp3) is 0.700. The summed E-state index contributed by atoms with van der Waals surface area (Å²) in [5.41, 5.74) is 7.94. The fourth-order valence-electron chi connectivity index (χ4n) is 1.29. The van der Waals surface area contributed by atoms with Gasteiger partial charge in [0.25, 0.3) is 0 Å².